The first-order valence-electron chi connectivity index (χ1n) is 6.04. The number of likely N-dealkylation sites (tertiary alicyclic amines) is 1. The third kappa shape index (κ3) is 4.09. The number of ether oxygens (including phenoxy) is 1. The molecule has 1 saturated heterocycles. The zero-order valence-corrected chi connectivity index (χ0v) is 10.7. The van der Waals surface area contributed by atoms with E-state index in [0.717, 1.165) is 6.54 Å². The zero-order valence-electron chi connectivity index (χ0n) is 10.7. The molecular weight excluding hydrogens is 188 g/mol. The highest BCUT2D eigenvalue weighted by atomic mass is 16.5. The third-order valence-electron chi connectivity index (χ3n) is 3.60. The minimum absolute atomic E-state index is 0.0845. The molecule has 1 aliphatic rings. The summed E-state index contributed by atoms with van der Waals surface area (Å²) >= 11 is 0. The van der Waals surface area contributed by atoms with Crippen molar-refractivity contribution in [3.63, 3.8) is 0 Å². The number of nitrogens with one attached hydrogen (secondary N) is 1. The fraction of sp³-hybridized carbons (Fsp3) is 1.00. The molecule has 0 aromatic heterocycles. The van der Waals surface area contributed by atoms with Crippen LogP contribution in [0.5, 0.6) is 0 Å². The lowest BCUT2D eigenvalue weighted by Gasteiger charge is -2.39. The summed E-state index contributed by atoms with van der Waals surface area (Å²) < 4.78 is 5.58. The van der Waals surface area contributed by atoms with Gasteiger partial charge in [-0.25, -0.2) is 0 Å². The van der Waals surface area contributed by atoms with Crippen molar-refractivity contribution < 1.29 is 4.74 Å². The molecule has 0 saturated carbocycles. The minimum atomic E-state index is 0.0845. The van der Waals surface area contributed by atoms with E-state index in [4.69, 9.17) is 4.74 Å². The van der Waals surface area contributed by atoms with E-state index in [1.54, 1.807) is 0 Å². The van der Waals surface area contributed by atoms with Gasteiger partial charge in [0.15, 0.2) is 0 Å². The van der Waals surface area contributed by atoms with Crippen LogP contribution in [0.15, 0.2) is 0 Å². The monoisotopic (exact) mass is 214 g/mol. The maximum atomic E-state index is 5.58. The van der Waals surface area contributed by atoms with Crippen molar-refractivity contribution in [2.75, 3.05) is 33.8 Å². The lowest BCUT2D eigenvalue weighted by Crippen LogP contribution is -2.48. The van der Waals surface area contributed by atoms with Crippen LogP contribution in [-0.4, -0.2) is 50.3 Å². The van der Waals surface area contributed by atoms with Crippen LogP contribution >= 0.6 is 0 Å². The van der Waals surface area contributed by atoms with Crippen LogP contribution in [0.2, 0.25) is 0 Å². The highest BCUT2D eigenvalue weighted by molar-refractivity contribution is 4.84. The lowest BCUT2D eigenvalue weighted by molar-refractivity contribution is -0.0510. The molecule has 1 N–H and O–H groups in total. The Balaban J connectivity index is 2.30. The zero-order chi connectivity index (χ0) is 11.3. The topological polar surface area (TPSA) is 24.5 Å². The fourth-order valence-corrected chi connectivity index (χ4v) is 2.19. The van der Waals surface area contributed by atoms with Crippen molar-refractivity contribution in [1.29, 1.82) is 0 Å². The molecule has 0 radical (unpaired) electrons. The molecule has 0 aromatic carbocycles. The molecule has 1 heterocycles. The molecule has 2 unspecified atom stereocenters. The molecule has 90 valence electrons. The van der Waals surface area contributed by atoms with Gasteiger partial charge in [-0.2, -0.15) is 0 Å². The van der Waals surface area contributed by atoms with Crippen LogP contribution in [0.4, 0.5) is 0 Å². The largest absolute Gasteiger partial charge is 0.377 e. The van der Waals surface area contributed by atoms with Crippen molar-refractivity contribution in [1.82, 2.24) is 10.2 Å². The summed E-state index contributed by atoms with van der Waals surface area (Å²) in [5.41, 5.74) is 0.0845. The van der Waals surface area contributed by atoms with Gasteiger partial charge >= 0.3 is 0 Å². The number of nitrogens with zero attached hydrogens (tertiary/aromatic N) is 1. The summed E-state index contributed by atoms with van der Waals surface area (Å²) in [5, 5.41) is 3.28. The first kappa shape index (κ1) is 12.9. The van der Waals surface area contributed by atoms with E-state index in [9.17, 15) is 0 Å². The predicted octanol–water partition coefficient (Wildman–Crippen LogP) is 1.49. The first-order valence-corrected chi connectivity index (χ1v) is 6.04. The van der Waals surface area contributed by atoms with Gasteiger partial charge in [-0.1, -0.05) is 0 Å². The molecule has 0 aromatic rings. The minimum Gasteiger partial charge on any atom is -0.377 e. The van der Waals surface area contributed by atoms with Crippen molar-refractivity contribution in [3.05, 3.63) is 0 Å². The molecule has 3 heteroatoms. The standard InChI is InChI=1S/C12H26N2O/c1-11(13-3)6-9-14-8-5-7-12(2,10-14)15-4/h11,13H,5-10H2,1-4H3. The SMILES string of the molecule is CNC(C)CCN1CCCC(C)(OC)C1. The molecular formula is C12H26N2O. The quantitative estimate of drug-likeness (QED) is 0.750. The Labute approximate surface area is 94.2 Å². The van der Waals surface area contributed by atoms with Crippen LogP contribution in [0.1, 0.15) is 33.1 Å². The third-order valence-corrected chi connectivity index (χ3v) is 3.60. The Kier molecular flexibility index (Phi) is 5.03. The Morgan fingerprint density at radius 3 is 2.87 bits per heavy atom. The molecule has 0 spiro atoms. The Morgan fingerprint density at radius 1 is 1.53 bits per heavy atom. The Bertz CT molecular complexity index is 186. The van der Waals surface area contributed by atoms with E-state index in [0.29, 0.717) is 6.04 Å². The van der Waals surface area contributed by atoms with Crippen molar-refractivity contribution in [2.45, 2.75) is 44.8 Å². The second kappa shape index (κ2) is 5.83. The number of piperidine rings is 1. The van der Waals surface area contributed by atoms with Crippen LogP contribution < -0.4 is 5.32 Å². The Morgan fingerprint density at radius 2 is 2.27 bits per heavy atom. The van der Waals surface area contributed by atoms with E-state index < -0.39 is 0 Å². The fourth-order valence-electron chi connectivity index (χ4n) is 2.19. The molecule has 1 fully saturated rings. The molecule has 0 bridgehead atoms. The van der Waals surface area contributed by atoms with Crippen LogP contribution in [0.3, 0.4) is 0 Å². The first-order chi connectivity index (χ1) is 7.09. The van der Waals surface area contributed by atoms with Gasteiger partial charge in [-0.15, -0.1) is 0 Å². The lowest BCUT2D eigenvalue weighted by atomic mass is 9.94. The van der Waals surface area contributed by atoms with Gasteiger partial charge in [0.2, 0.25) is 0 Å². The maximum absolute atomic E-state index is 5.58. The van der Waals surface area contributed by atoms with Crippen LogP contribution in [0, 0.1) is 0 Å². The average molecular weight is 214 g/mol. The van der Waals surface area contributed by atoms with Gasteiger partial charge < -0.3 is 15.0 Å². The summed E-state index contributed by atoms with van der Waals surface area (Å²) in [6.45, 7) is 7.95. The molecule has 1 rings (SSSR count). The predicted molar refractivity (Wildman–Crippen MR) is 64.2 cm³/mol. The summed E-state index contributed by atoms with van der Waals surface area (Å²) in [7, 11) is 3.86. The summed E-state index contributed by atoms with van der Waals surface area (Å²) in [6.07, 6.45) is 3.68. The number of hydrogen-bond donors (Lipinski definition) is 1. The van der Waals surface area contributed by atoms with Crippen molar-refractivity contribution in [3.8, 4) is 0 Å². The molecule has 0 aliphatic carbocycles. The number of methoxy groups -OCH3 is 1. The second-order valence-electron chi connectivity index (χ2n) is 5.01. The average Bonchev–Trinajstić information content (AvgIpc) is 2.26. The molecule has 2 atom stereocenters. The Hall–Kier alpha value is -0.120. The highest BCUT2D eigenvalue weighted by Crippen LogP contribution is 2.23. The van der Waals surface area contributed by atoms with Gasteiger partial charge in [0.05, 0.1) is 5.60 Å². The van der Waals surface area contributed by atoms with Gasteiger partial charge in [-0.05, 0) is 53.2 Å². The maximum Gasteiger partial charge on any atom is 0.0777 e. The van der Waals surface area contributed by atoms with Crippen LogP contribution in [-0.2, 0) is 4.74 Å². The smallest absolute Gasteiger partial charge is 0.0777 e. The molecule has 15 heavy (non-hydrogen) atoms. The summed E-state index contributed by atoms with van der Waals surface area (Å²) in [4.78, 5) is 2.53. The van der Waals surface area contributed by atoms with E-state index in [2.05, 4.69) is 24.1 Å². The van der Waals surface area contributed by atoms with E-state index in [-0.39, 0.29) is 5.60 Å². The second-order valence-corrected chi connectivity index (χ2v) is 5.01. The van der Waals surface area contributed by atoms with Gasteiger partial charge in [0, 0.05) is 19.7 Å². The van der Waals surface area contributed by atoms with Crippen molar-refractivity contribution >= 4 is 0 Å². The van der Waals surface area contributed by atoms with Gasteiger partial charge in [0.1, 0.15) is 0 Å². The van der Waals surface area contributed by atoms with Gasteiger partial charge in [-0.3, -0.25) is 0 Å². The molecule has 3 nitrogen and oxygen atoms in total. The van der Waals surface area contributed by atoms with E-state index >= 15 is 0 Å². The normalized spacial score (nSPS) is 30.4. The van der Waals surface area contributed by atoms with E-state index in [1.807, 2.05) is 14.2 Å². The summed E-state index contributed by atoms with van der Waals surface area (Å²) in [5.74, 6) is 0. The summed E-state index contributed by atoms with van der Waals surface area (Å²) in [6, 6.07) is 0.612. The molecule has 1 aliphatic heterocycles. The molecule has 0 amide bonds. The van der Waals surface area contributed by atoms with Crippen molar-refractivity contribution in [2.24, 2.45) is 0 Å². The van der Waals surface area contributed by atoms with Gasteiger partial charge in [0.25, 0.3) is 0 Å². The van der Waals surface area contributed by atoms with E-state index in [1.165, 1.54) is 32.4 Å². The number of hydrogen-bond acceptors (Lipinski definition) is 3. The number of rotatable bonds is 5. The van der Waals surface area contributed by atoms with Crippen LogP contribution in [0.25, 0.3) is 0 Å². The highest BCUT2D eigenvalue weighted by Gasteiger charge is 2.30.